The molecule has 0 aromatic rings. The summed E-state index contributed by atoms with van der Waals surface area (Å²) in [7, 11) is 0. The number of hydrogen-bond acceptors (Lipinski definition) is 3. The maximum atomic E-state index is 11.2. The van der Waals surface area contributed by atoms with Crippen LogP contribution in [0.15, 0.2) is 0 Å². The molecular formula is C13H28N2O3. The largest absolute Gasteiger partial charge is 0.381 e. The Labute approximate surface area is 111 Å². The van der Waals surface area contributed by atoms with E-state index in [0.717, 1.165) is 6.42 Å². The molecule has 0 aliphatic carbocycles. The molecule has 0 fully saturated rings. The molecule has 0 saturated heterocycles. The Kier molecular flexibility index (Phi) is 17.0. The van der Waals surface area contributed by atoms with E-state index in [4.69, 9.17) is 4.74 Å². The molecule has 5 nitrogen and oxygen atoms in total. The number of amides is 2. The van der Waals surface area contributed by atoms with E-state index in [1.54, 1.807) is 0 Å². The summed E-state index contributed by atoms with van der Waals surface area (Å²) < 4.78 is 5.18. The SMILES string of the molecule is CC.CCCOCCC(=O)NCCC(=O)NCC. The van der Waals surface area contributed by atoms with E-state index in [0.29, 0.717) is 39.1 Å². The number of rotatable bonds is 9. The molecule has 0 bridgehead atoms. The molecule has 0 aliphatic heterocycles. The van der Waals surface area contributed by atoms with Crippen molar-refractivity contribution in [3.63, 3.8) is 0 Å². The van der Waals surface area contributed by atoms with Crippen molar-refractivity contribution in [2.24, 2.45) is 0 Å². The number of nitrogens with one attached hydrogen (secondary N) is 2. The Morgan fingerprint density at radius 2 is 1.56 bits per heavy atom. The highest BCUT2D eigenvalue weighted by Crippen LogP contribution is 1.86. The standard InChI is InChI=1S/C11H22N2O3.C2H6/c1-3-8-16-9-6-11(15)13-7-5-10(14)12-4-2;1-2/h3-9H2,1-2H3,(H,12,14)(H,13,15);1-2H3. The van der Waals surface area contributed by atoms with Gasteiger partial charge in [-0.15, -0.1) is 0 Å². The Balaban J connectivity index is 0. The van der Waals surface area contributed by atoms with Crippen molar-refractivity contribution < 1.29 is 14.3 Å². The molecule has 0 radical (unpaired) electrons. The molecule has 5 heteroatoms. The van der Waals surface area contributed by atoms with Crippen LogP contribution in [0.25, 0.3) is 0 Å². The zero-order chi connectivity index (χ0) is 14.2. The van der Waals surface area contributed by atoms with E-state index in [2.05, 4.69) is 10.6 Å². The van der Waals surface area contributed by atoms with Gasteiger partial charge in [0.05, 0.1) is 6.61 Å². The first kappa shape index (κ1) is 19.2. The molecule has 108 valence electrons. The Morgan fingerprint density at radius 3 is 2.11 bits per heavy atom. The molecular weight excluding hydrogens is 232 g/mol. The van der Waals surface area contributed by atoms with Crippen LogP contribution in [0.4, 0.5) is 0 Å². The van der Waals surface area contributed by atoms with Gasteiger partial charge in [-0.1, -0.05) is 20.8 Å². The number of carbonyl (C=O) groups excluding carboxylic acids is 2. The third-order valence-electron chi connectivity index (χ3n) is 1.87. The lowest BCUT2D eigenvalue weighted by atomic mass is 10.3. The third-order valence-corrected chi connectivity index (χ3v) is 1.87. The van der Waals surface area contributed by atoms with Gasteiger partial charge in [-0.25, -0.2) is 0 Å². The van der Waals surface area contributed by atoms with Crippen molar-refractivity contribution in [1.29, 1.82) is 0 Å². The zero-order valence-electron chi connectivity index (χ0n) is 12.2. The Hall–Kier alpha value is -1.10. The summed E-state index contributed by atoms with van der Waals surface area (Å²) in [6, 6.07) is 0. The fraction of sp³-hybridized carbons (Fsp3) is 0.846. The van der Waals surface area contributed by atoms with E-state index in [9.17, 15) is 9.59 Å². The van der Waals surface area contributed by atoms with Crippen LogP contribution >= 0.6 is 0 Å². The van der Waals surface area contributed by atoms with Gasteiger partial charge in [0.2, 0.25) is 11.8 Å². The molecule has 0 rings (SSSR count). The quantitative estimate of drug-likeness (QED) is 0.617. The highest BCUT2D eigenvalue weighted by atomic mass is 16.5. The number of hydrogen-bond donors (Lipinski definition) is 2. The first-order valence-electron chi connectivity index (χ1n) is 6.81. The van der Waals surface area contributed by atoms with E-state index < -0.39 is 0 Å². The molecule has 2 N–H and O–H groups in total. The molecule has 0 spiro atoms. The molecule has 0 heterocycles. The van der Waals surface area contributed by atoms with Crippen molar-refractivity contribution >= 4 is 11.8 Å². The number of carbonyl (C=O) groups is 2. The molecule has 2 amide bonds. The predicted octanol–water partition coefficient (Wildman–Crippen LogP) is 1.47. The molecule has 0 aliphatic rings. The van der Waals surface area contributed by atoms with E-state index in [1.165, 1.54) is 0 Å². The van der Waals surface area contributed by atoms with Gasteiger partial charge in [-0.3, -0.25) is 9.59 Å². The summed E-state index contributed by atoms with van der Waals surface area (Å²) in [5, 5.41) is 5.33. The van der Waals surface area contributed by atoms with Gasteiger partial charge in [-0.05, 0) is 13.3 Å². The fourth-order valence-corrected chi connectivity index (χ4v) is 1.10. The Morgan fingerprint density at radius 1 is 0.944 bits per heavy atom. The first-order chi connectivity index (χ1) is 8.70. The maximum Gasteiger partial charge on any atom is 0.222 e. The van der Waals surface area contributed by atoms with Crippen LogP contribution in [-0.2, 0) is 14.3 Å². The summed E-state index contributed by atoms with van der Waals surface area (Å²) in [5.41, 5.74) is 0. The van der Waals surface area contributed by atoms with Gasteiger partial charge in [0.15, 0.2) is 0 Å². The van der Waals surface area contributed by atoms with E-state index in [1.807, 2.05) is 27.7 Å². The van der Waals surface area contributed by atoms with Crippen LogP contribution in [0, 0.1) is 0 Å². The second-order valence-electron chi connectivity index (χ2n) is 3.42. The van der Waals surface area contributed by atoms with Gasteiger partial charge < -0.3 is 15.4 Å². The molecule has 0 unspecified atom stereocenters. The molecule has 18 heavy (non-hydrogen) atoms. The highest BCUT2D eigenvalue weighted by molar-refractivity contribution is 5.78. The average Bonchev–Trinajstić information content (AvgIpc) is 2.37. The third kappa shape index (κ3) is 14.9. The van der Waals surface area contributed by atoms with Crippen LogP contribution in [-0.4, -0.2) is 38.1 Å². The summed E-state index contributed by atoms with van der Waals surface area (Å²) in [4.78, 5) is 22.3. The van der Waals surface area contributed by atoms with Crippen molar-refractivity contribution in [1.82, 2.24) is 10.6 Å². The zero-order valence-corrected chi connectivity index (χ0v) is 12.2. The molecule has 0 aromatic carbocycles. The fourth-order valence-electron chi connectivity index (χ4n) is 1.10. The summed E-state index contributed by atoms with van der Waals surface area (Å²) in [6.07, 6.45) is 1.64. The van der Waals surface area contributed by atoms with Gasteiger partial charge in [-0.2, -0.15) is 0 Å². The van der Waals surface area contributed by atoms with Crippen LogP contribution in [0.5, 0.6) is 0 Å². The second kappa shape index (κ2) is 15.9. The minimum atomic E-state index is -0.0691. The van der Waals surface area contributed by atoms with Gasteiger partial charge in [0.1, 0.15) is 0 Å². The predicted molar refractivity (Wildman–Crippen MR) is 73.4 cm³/mol. The monoisotopic (exact) mass is 260 g/mol. The molecule has 0 saturated carbocycles. The van der Waals surface area contributed by atoms with Gasteiger partial charge in [0, 0.05) is 32.5 Å². The summed E-state index contributed by atoms with van der Waals surface area (Å²) in [6.45, 7) is 10.0. The molecule has 0 atom stereocenters. The van der Waals surface area contributed by atoms with Crippen molar-refractivity contribution in [3.05, 3.63) is 0 Å². The summed E-state index contributed by atoms with van der Waals surface area (Å²) in [5.74, 6) is -0.106. The lowest BCUT2D eigenvalue weighted by Crippen LogP contribution is -2.31. The van der Waals surface area contributed by atoms with Gasteiger partial charge in [0.25, 0.3) is 0 Å². The van der Waals surface area contributed by atoms with Crippen molar-refractivity contribution in [2.45, 2.75) is 47.0 Å². The van der Waals surface area contributed by atoms with Crippen LogP contribution in [0.3, 0.4) is 0 Å². The Bertz CT molecular complexity index is 208. The minimum absolute atomic E-state index is 0.0370. The molecule has 0 aromatic heterocycles. The second-order valence-corrected chi connectivity index (χ2v) is 3.42. The van der Waals surface area contributed by atoms with Crippen LogP contribution in [0.1, 0.15) is 47.0 Å². The van der Waals surface area contributed by atoms with Crippen molar-refractivity contribution in [3.8, 4) is 0 Å². The summed E-state index contributed by atoms with van der Waals surface area (Å²) >= 11 is 0. The lowest BCUT2D eigenvalue weighted by Gasteiger charge is -2.05. The van der Waals surface area contributed by atoms with Gasteiger partial charge >= 0.3 is 0 Å². The lowest BCUT2D eigenvalue weighted by molar-refractivity contribution is -0.122. The van der Waals surface area contributed by atoms with Crippen LogP contribution in [0.2, 0.25) is 0 Å². The topological polar surface area (TPSA) is 67.4 Å². The van der Waals surface area contributed by atoms with E-state index >= 15 is 0 Å². The van der Waals surface area contributed by atoms with Crippen molar-refractivity contribution in [2.75, 3.05) is 26.3 Å². The van der Waals surface area contributed by atoms with Crippen LogP contribution < -0.4 is 10.6 Å². The number of ether oxygens (including phenoxy) is 1. The highest BCUT2D eigenvalue weighted by Gasteiger charge is 2.02. The maximum absolute atomic E-state index is 11.2. The smallest absolute Gasteiger partial charge is 0.222 e. The first-order valence-corrected chi connectivity index (χ1v) is 6.81. The minimum Gasteiger partial charge on any atom is -0.381 e. The normalized spacial score (nSPS) is 9.11. The average molecular weight is 260 g/mol. The van der Waals surface area contributed by atoms with E-state index in [-0.39, 0.29) is 11.8 Å².